The molecule has 0 spiro atoms. The predicted molar refractivity (Wildman–Crippen MR) is 140 cm³/mol. The van der Waals surface area contributed by atoms with Crippen molar-refractivity contribution in [2.75, 3.05) is 6.61 Å². The number of nitriles is 2. The summed E-state index contributed by atoms with van der Waals surface area (Å²) in [7, 11) is 0. The molecule has 3 rings (SSSR count). The fourth-order valence-corrected chi connectivity index (χ4v) is 5.33. The maximum atomic E-state index is 10.0. The molecule has 0 bridgehead atoms. The van der Waals surface area contributed by atoms with Gasteiger partial charge in [-0.05, 0) is 67.2 Å². The van der Waals surface area contributed by atoms with Crippen LogP contribution in [0.4, 0.5) is 0 Å². The summed E-state index contributed by atoms with van der Waals surface area (Å²) < 4.78 is 5.83. The lowest BCUT2D eigenvalue weighted by Gasteiger charge is -2.29. The molecular weight excluding hydrogens is 416 g/mol. The maximum absolute atomic E-state index is 10.0. The summed E-state index contributed by atoms with van der Waals surface area (Å²) in [6.45, 7) is 5.17. The summed E-state index contributed by atoms with van der Waals surface area (Å²) in [4.78, 5) is 0. The highest BCUT2D eigenvalue weighted by molar-refractivity contribution is 5.75. The van der Waals surface area contributed by atoms with Crippen LogP contribution in [0.3, 0.4) is 0 Å². The molecule has 2 aromatic rings. The second-order valence-electron chi connectivity index (χ2n) is 9.82. The van der Waals surface area contributed by atoms with Crippen molar-refractivity contribution >= 4 is 0 Å². The molecule has 0 N–H and O–H groups in total. The van der Waals surface area contributed by atoms with Crippen molar-refractivity contribution in [3.63, 3.8) is 0 Å². The van der Waals surface area contributed by atoms with E-state index in [0.29, 0.717) is 17.0 Å². The fourth-order valence-electron chi connectivity index (χ4n) is 5.33. The van der Waals surface area contributed by atoms with E-state index in [1.165, 1.54) is 57.8 Å². The SMILES string of the molecule is CCCCCC[C@H]1CC[C@H](c2ccc(-c3ccc(OCCCCC)cc3)c(C#N)c2C#N)CC1. The van der Waals surface area contributed by atoms with Crippen molar-refractivity contribution in [1.29, 1.82) is 10.5 Å². The molecule has 34 heavy (non-hydrogen) atoms. The van der Waals surface area contributed by atoms with Crippen LogP contribution < -0.4 is 4.74 Å². The first-order valence-electron chi connectivity index (χ1n) is 13.4. The van der Waals surface area contributed by atoms with Gasteiger partial charge in [0, 0.05) is 5.56 Å². The van der Waals surface area contributed by atoms with Crippen molar-refractivity contribution in [2.24, 2.45) is 5.92 Å². The largest absolute Gasteiger partial charge is 0.494 e. The van der Waals surface area contributed by atoms with Crippen LogP contribution in [0.25, 0.3) is 11.1 Å². The van der Waals surface area contributed by atoms with Crippen LogP contribution in [0.15, 0.2) is 36.4 Å². The quantitative estimate of drug-likeness (QED) is 0.300. The number of hydrogen-bond acceptors (Lipinski definition) is 3. The highest BCUT2D eigenvalue weighted by Gasteiger charge is 2.26. The van der Waals surface area contributed by atoms with E-state index in [4.69, 9.17) is 4.74 Å². The fraction of sp³-hybridized carbons (Fsp3) is 0.548. The number of rotatable bonds is 12. The molecule has 0 aromatic heterocycles. The lowest BCUT2D eigenvalue weighted by molar-refractivity contribution is 0.302. The van der Waals surface area contributed by atoms with Crippen molar-refractivity contribution in [3.05, 3.63) is 53.1 Å². The van der Waals surface area contributed by atoms with Crippen LogP contribution in [0.5, 0.6) is 5.75 Å². The average Bonchev–Trinajstić information content (AvgIpc) is 2.89. The smallest absolute Gasteiger partial charge is 0.119 e. The van der Waals surface area contributed by atoms with Crippen LogP contribution in [-0.4, -0.2) is 6.61 Å². The molecule has 3 heteroatoms. The van der Waals surface area contributed by atoms with Crippen molar-refractivity contribution in [1.82, 2.24) is 0 Å². The Morgan fingerprint density at radius 1 is 0.765 bits per heavy atom. The number of ether oxygens (including phenoxy) is 1. The van der Waals surface area contributed by atoms with Gasteiger partial charge in [-0.1, -0.05) is 83.1 Å². The molecule has 0 aliphatic heterocycles. The highest BCUT2D eigenvalue weighted by atomic mass is 16.5. The summed E-state index contributed by atoms with van der Waals surface area (Å²) in [6, 6.07) is 16.8. The Hall–Kier alpha value is -2.78. The predicted octanol–water partition coefficient (Wildman–Crippen LogP) is 8.91. The molecule has 3 nitrogen and oxygen atoms in total. The molecule has 0 amide bonds. The Balaban J connectivity index is 1.70. The van der Waals surface area contributed by atoms with Gasteiger partial charge in [0.25, 0.3) is 0 Å². The first-order valence-corrected chi connectivity index (χ1v) is 13.4. The molecule has 0 radical (unpaired) electrons. The molecular formula is C31H40N2O. The Bertz CT molecular complexity index is 972. The van der Waals surface area contributed by atoms with E-state index in [1.54, 1.807) is 0 Å². The van der Waals surface area contributed by atoms with E-state index in [9.17, 15) is 10.5 Å². The van der Waals surface area contributed by atoms with Gasteiger partial charge in [-0.3, -0.25) is 0 Å². The van der Waals surface area contributed by atoms with Gasteiger partial charge in [0.1, 0.15) is 17.9 Å². The normalized spacial score (nSPS) is 17.6. The molecule has 2 aromatic carbocycles. The van der Waals surface area contributed by atoms with Gasteiger partial charge in [0.15, 0.2) is 0 Å². The topological polar surface area (TPSA) is 56.8 Å². The van der Waals surface area contributed by atoms with Gasteiger partial charge in [0.2, 0.25) is 0 Å². The number of hydrogen-bond donors (Lipinski definition) is 0. The minimum Gasteiger partial charge on any atom is -0.494 e. The molecule has 0 saturated heterocycles. The minimum absolute atomic E-state index is 0.390. The van der Waals surface area contributed by atoms with E-state index < -0.39 is 0 Å². The van der Waals surface area contributed by atoms with Gasteiger partial charge in [0.05, 0.1) is 17.7 Å². The summed E-state index contributed by atoms with van der Waals surface area (Å²) in [5.74, 6) is 2.07. The van der Waals surface area contributed by atoms with Crippen molar-refractivity contribution in [2.45, 2.75) is 96.8 Å². The van der Waals surface area contributed by atoms with E-state index in [-0.39, 0.29) is 0 Å². The second kappa shape index (κ2) is 13.8. The van der Waals surface area contributed by atoms with Crippen LogP contribution in [0.1, 0.15) is 114 Å². The third-order valence-electron chi connectivity index (χ3n) is 7.40. The van der Waals surface area contributed by atoms with Gasteiger partial charge >= 0.3 is 0 Å². The summed E-state index contributed by atoms with van der Waals surface area (Å²) in [5.41, 5.74) is 3.95. The lowest BCUT2D eigenvalue weighted by atomic mass is 9.75. The van der Waals surface area contributed by atoms with Crippen LogP contribution >= 0.6 is 0 Å². The molecule has 0 heterocycles. The Kier molecular flexibility index (Phi) is 10.5. The number of nitrogens with zero attached hydrogens (tertiary/aromatic N) is 2. The van der Waals surface area contributed by atoms with Crippen LogP contribution in [-0.2, 0) is 0 Å². The van der Waals surface area contributed by atoms with E-state index in [2.05, 4.69) is 32.1 Å². The third kappa shape index (κ3) is 6.87. The van der Waals surface area contributed by atoms with Crippen LogP contribution in [0.2, 0.25) is 0 Å². The Morgan fingerprint density at radius 2 is 1.44 bits per heavy atom. The standard InChI is InChI=1S/C31H40N2O/c1-3-5-7-8-10-24-11-13-25(14-12-24)28-19-20-29(31(23-33)30(28)22-32)26-15-17-27(18-16-26)34-21-9-6-4-2/h15-20,24-25H,3-14,21H2,1-2H3/t24-,25-. The van der Waals surface area contributed by atoms with Gasteiger partial charge < -0.3 is 4.74 Å². The molecule has 1 aliphatic rings. The van der Waals surface area contributed by atoms with E-state index >= 15 is 0 Å². The molecule has 180 valence electrons. The van der Waals surface area contributed by atoms with E-state index in [1.807, 2.05) is 30.3 Å². The summed E-state index contributed by atoms with van der Waals surface area (Å²) in [6.07, 6.45) is 14.8. The highest BCUT2D eigenvalue weighted by Crippen LogP contribution is 2.41. The zero-order valence-electron chi connectivity index (χ0n) is 21.1. The summed E-state index contributed by atoms with van der Waals surface area (Å²) >= 11 is 0. The molecule has 1 aliphatic carbocycles. The third-order valence-corrected chi connectivity index (χ3v) is 7.40. The zero-order chi connectivity index (χ0) is 24.2. The molecule has 1 saturated carbocycles. The molecule has 0 unspecified atom stereocenters. The van der Waals surface area contributed by atoms with Crippen molar-refractivity contribution < 1.29 is 4.74 Å². The molecule has 0 atom stereocenters. The maximum Gasteiger partial charge on any atom is 0.119 e. The van der Waals surface area contributed by atoms with Gasteiger partial charge in [-0.2, -0.15) is 10.5 Å². The first-order chi connectivity index (χ1) is 16.7. The van der Waals surface area contributed by atoms with E-state index in [0.717, 1.165) is 54.2 Å². The monoisotopic (exact) mass is 456 g/mol. The van der Waals surface area contributed by atoms with Crippen LogP contribution in [0, 0.1) is 28.6 Å². The Morgan fingerprint density at radius 3 is 2.09 bits per heavy atom. The Labute approximate surface area is 206 Å². The number of benzene rings is 2. The average molecular weight is 457 g/mol. The zero-order valence-corrected chi connectivity index (χ0v) is 21.1. The molecule has 1 fully saturated rings. The lowest BCUT2D eigenvalue weighted by Crippen LogP contribution is -2.15. The van der Waals surface area contributed by atoms with Crippen molar-refractivity contribution in [3.8, 4) is 29.0 Å². The number of unbranched alkanes of at least 4 members (excludes halogenated alkanes) is 5. The van der Waals surface area contributed by atoms with Gasteiger partial charge in [-0.15, -0.1) is 0 Å². The summed E-state index contributed by atoms with van der Waals surface area (Å²) in [5, 5.41) is 20.0. The van der Waals surface area contributed by atoms with Gasteiger partial charge in [-0.25, -0.2) is 0 Å². The first kappa shape index (κ1) is 25.8. The second-order valence-corrected chi connectivity index (χ2v) is 9.82. The minimum atomic E-state index is 0.390.